The highest BCUT2D eigenvalue weighted by Gasteiger charge is 2.11. The monoisotopic (exact) mass is 264 g/mol. The van der Waals surface area contributed by atoms with E-state index in [9.17, 15) is 0 Å². The van der Waals surface area contributed by atoms with Gasteiger partial charge in [0.25, 0.3) is 0 Å². The van der Waals surface area contributed by atoms with Crippen molar-refractivity contribution in [2.45, 2.75) is 0 Å². The van der Waals surface area contributed by atoms with Crippen molar-refractivity contribution in [1.29, 1.82) is 0 Å². The molecule has 0 saturated heterocycles. The van der Waals surface area contributed by atoms with Gasteiger partial charge < -0.3 is 25.1 Å². The fourth-order valence-corrected chi connectivity index (χ4v) is 1.89. The maximum Gasteiger partial charge on any atom is 0.203 e. The van der Waals surface area contributed by atoms with Gasteiger partial charge in [-0.1, -0.05) is 0 Å². The van der Waals surface area contributed by atoms with Crippen LogP contribution in [0.3, 0.4) is 0 Å². The zero-order valence-corrected chi connectivity index (χ0v) is 11.3. The molecule has 1 heterocycles. The van der Waals surface area contributed by atoms with Crippen LogP contribution in [0.15, 0.2) is 18.2 Å². The smallest absolute Gasteiger partial charge is 0.203 e. The van der Waals surface area contributed by atoms with E-state index in [0.29, 0.717) is 13.2 Å². The molecule has 0 bridgehead atoms. The van der Waals surface area contributed by atoms with Gasteiger partial charge in [0, 0.05) is 33.0 Å². The van der Waals surface area contributed by atoms with Gasteiger partial charge in [-0.15, -0.1) is 0 Å². The summed E-state index contributed by atoms with van der Waals surface area (Å²) < 4.78 is 10.2. The van der Waals surface area contributed by atoms with Gasteiger partial charge in [-0.3, -0.25) is 0 Å². The lowest BCUT2D eigenvalue weighted by atomic mass is 10.3. The molecule has 0 aliphatic heterocycles. The first-order chi connectivity index (χ1) is 9.24. The molecule has 6 heteroatoms. The molecule has 104 valence electrons. The summed E-state index contributed by atoms with van der Waals surface area (Å²) in [5, 5.41) is 0. The second-order valence-electron chi connectivity index (χ2n) is 4.31. The van der Waals surface area contributed by atoms with Crippen LogP contribution < -0.4 is 10.6 Å². The summed E-state index contributed by atoms with van der Waals surface area (Å²) in [6.07, 6.45) is 0. The Morgan fingerprint density at radius 3 is 2.53 bits per heavy atom. The Labute approximate surface area is 112 Å². The molecule has 0 amide bonds. The SMILES string of the molecule is COCCN(CCOC)c1nc2ccc(N)cc2[nH]1. The molecule has 2 aromatic rings. The van der Waals surface area contributed by atoms with Crippen LogP contribution in [0.25, 0.3) is 11.0 Å². The normalized spacial score (nSPS) is 11.1. The Hall–Kier alpha value is -1.79. The standard InChI is InChI=1S/C13H20N4O2/c1-18-7-5-17(6-8-19-2)13-15-11-4-3-10(14)9-12(11)16-13/h3-4,9H,5-8,14H2,1-2H3,(H,15,16). The summed E-state index contributed by atoms with van der Waals surface area (Å²) in [7, 11) is 3.38. The maximum absolute atomic E-state index is 5.77. The Bertz CT molecular complexity index is 518. The number of imidazole rings is 1. The molecule has 0 spiro atoms. The Kier molecular flexibility index (Phi) is 4.59. The van der Waals surface area contributed by atoms with Gasteiger partial charge >= 0.3 is 0 Å². The fourth-order valence-electron chi connectivity index (χ4n) is 1.89. The molecule has 0 aliphatic carbocycles. The molecule has 2 rings (SSSR count). The number of rotatable bonds is 7. The van der Waals surface area contributed by atoms with Crippen molar-refractivity contribution in [1.82, 2.24) is 9.97 Å². The number of ether oxygens (including phenoxy) is 2. The number of benzene rings is 1. The number of nitrogens with one attached hydrogen (secondary N) is 1. The van der Waals surface area contributed by atoms with Gasteiger partial charge in [0.15, 0.2) is 0 Å². The molecule has 3 N–H and O–H groups in total. The summed E-state index contributed by atoms with van der Waals surface area (Å²) in [6, 6.07) is 5.65. The first-order valence-corrected chi connectivity index (χ1v) is 6.22. The summed E-state index contributed by atoms with van der Waals surface area (Å²) in [5.41, 5.74) is 8.34. The summed E-state index contributed by atoms with van der Waals surface area (Å²) >= 11 is 0. The number of H-pyrrole nitrogens is 1. The summed E-state index contributed by atoms with van der Waals surface area (Å²) in [6.45, 7) is 2.80. The van der Waals surface area contributed by atoms with Crippen LogP contribution >= 0.6 is 0 Å². The largest absolute Gasteiger partial charge is 0.399 e. The van der Waals surface area contributed by atoms with Gasteiger partial charge in [-0.25, -0.2) is 4.98 Å². The predicted octanol–water partition coefficient (Wildman–Crippen LogP) is 1.24. The Balaban J connectivity index is 2.21. The van der Waals surface area contributed by atoms with Crippen LogP contribution in [0, 0.1) is 0 Å². The molecule has 6 nitrogen and oxygen atoms in total. The summed E-state index contributed by atoms with van der Waals surface area (Å²) in [4.78, 5) is 9.94. The Morgan fingerprint density at radius 2 is 1.89 bits per heavy atom. The number of fused-ring (bicyclic) bond motifs is 1. The maximum atomic E-state index is 5.77. The van der Waals surface area contributed by atoms with Gasteiger partial charge in [-0.2, -0.15) is 0 Å². The van der Waals surface area contributed by atoms with Crippen molar-refractivity contribution in [3.63, 3.8) is 0 Å². The molecule has 0 saturated carbocycles. The third kappa shape index (κ3) is 3.36. The van der Waals surface area contributed by atoms with E-state index < -0.39 is 0 Å². The quantitative estimate of drug-likeness (QED) is 0.736. The third-order valence-corrected chi connectivity index (χ3v) is 2.92. The highest BCUT2D eigenvalue weighted by Crippen LogP contribution is 2.19. The van der Waals surface area contributed by atoms with Crippen LogP contribution in [0.5, 0.6) is 0 Å². The van der Waals surface area contributed by atoms with E-state index in [0.717, 1.165) is 35.8 Å². The highest BCUT2D eigenvalue weighted by atomic mass is 16.5. The van der Waals surface area contributed by atoms with Crippen molar-refractivity contribution < 1.29 is 9.47 Å². The number of nitrogen functional groups attached to an aromatic ring is 1. The summed E-state index contributed by atoms with van der Waals surface area (Å²) in [5.74, 6) is 0.815. The van der Waals surface area contributed by atoms with E-state index in [4.69, 9.17) is 15.2 Å². The van der Waals surface area contributed by atoms with E-state index in [1.807, 2.05) is 18.2 Å². The second-order valence-corrected chi connectivity index (χ2v) is 4.31. The topological polar surface area (TPSA) is 76.4 Å². The number of methoxy groups -OCH3 is 2. The van der Waals surface area contributed by atoms with Gasteiger partial charge in [0.2, 0.25) is 5.95 Å². The fraction of sp³-hybridized carbons (Fsp3) is 0.462. The predicted molar refractivity (Wildman–Crippen MR) is 76.5 cm³/mol. The minimum Gasteiger partial charge on any atom is -0.399 e. The zero-order valence-electron chi connectivity index (χ0n) is 11.3. The van der Waals surface area contributed by atoms with E-state index in [1.165, 1.54) is 0 Å². The number of hydrogen-bond acceptors (Lipinski definition) is 5. The molecular formula is C13H20N4O2. The molecular weight excluding hydrogens is 244 g/mol. The molecule has 1 aromatic carbocycles. The lowest BCUT2D eigenvalue weighted by Gasteiger charge is -2.20. The molecule has 0 atom stereocenters. The number of aromatic amines is 1. The van der Waals surface area contributed by atoms with Crippen molar-refractivity contribution >= 4 is 22.7 Å². The number of nitrogens with two attached hydrogens (primary N) is 1. The zero-order chi connectivity index (χ0) is 13.7. The van der Waals surface area contributed by atoms with Crippen LogP contribution in [-0.4, -0.2) is 50.5 Å². The highest BCUT2D eigenvalue weighted by molar-refractivity contribution is 5.80. The van der Waals surface area contributed by atoms with E-state index in [-0.39, 0.29) is 0 Å². The van der Waals surface area contributed by atoms with E-state index in [1.54, 1.807) is 14.2 Å². The average Bonchev–Trinajstić information content (AvgIpc) is 2.81. The number of aromatic nitrogens is 2. The first-order valence-electron chi connectivity index (χ1n) is 6.22. The minimum absolute atomic E-state index is 0.642. The van der Waals surface area contributed by atoms with E-state index in [2.05, 4.69) is 14.9 Å². The van der Waals surface area contributed by atoms with Crippen molar-refractivity contribution in [3.05, 3.63) is 18.2 Å². The number of hydrogen-bond donors (Lipinski definition) is 2. The molecule has 19 heavy (non-hydrogen) atoms. The first kappa shape index (κ1) is 13.6. The van der Waals surface area contributed by atoms with Crippen LogP contribution in [0.4, 0.5) is 11.6 Å². The minimum atomic E-state index is 0.642. The van der Waals surface area contributed by atoms with Gasteiger partial charge in [0.1, 0.15) is 0 Å². The van der Waals surface area contributed by atoms with Crippen LogP contribution in [0.1, 0.15) is 0 Å². The van der Waals surface area contributed by atoms with Crippen molar-refractivity contribution in [2.75, 3.05) is 51.2 Å². The number of nitrogens with zero attached hydrogens (tertiary/aromatic N) is 2. The number of anilines is 2. The van der Waals surface area contributed by atoms with Crippen molar-refractivity contribution in [3.8, 4) is 0 Å². The molecule has 0 unspecified atom stereocenters. The van der Waals surface area contributed by atoms with Crippen LogP contribution in [0.2, 0.25) is 0 Å². The van der Waals surface area contributed by atoms with E-state index >= 15 is 0 Å². The third-order valence-electron chi connectivity index (χ3n) is 2.92. The molecule has 0 aliphatic rings. The second kappa shape index (κ2) is 6.40. The molecule has 0 radical (unpaired) electrons. The van der Waals surface area contributed by atoms with Crippen molar-refractivity contribution in [2.24, 2.45) is 0 Å². The Morgan fingerprint density at radius 1 is 1.21 bits per heavy atom. The molecule has 1 aromatic heterocycles. The average molecular weight is 264 g/mol. The van der Waals surface area contributed by atoms with Crippen LogP contribution in [-0.2, 0) is 9.47 Å². The molecule has 0 fully saturated rings. The lowest BCUT2D eigenvalue weighted by molar-refractivity contribution is 0.189. The van der Waals surface area contributed by atoms with Gasteiger partial charge in [-0.05, 0) is 18.2 Å². The van der Waals surface area contributed by atoms with Gasteiger partial charge in [0.05, 0.1) is 24.2 Å². The lowest BCUT2D eigenvalue weighted by Crippen LogP contribution is -2.31.